The summed E-state index contributed by atoms with van der Waals surface area (Å²) < 4.78 is 2.26. The number of benzene rings is 1. The normalized spacial score (nSPS) is 21.6. The van der Waals surface area contributed by atoms with Gasteiger partial charge in [-0.2, -0.15) is 0 Å². The largest absolute Gasteiger partial charge is 0.346 e. The van der Waals surface area contributed by atoms with Gasteiger partial charge in [-0.15, -0.1) is 0 Å². The van der Waals surface area contributed by atoms with Gasteiger partial charge in [0.15, 0.2) is 0 Å². The molecule has 1 aromatic carbocycles. The van der Waals surface area contributed by atoms with Crippen LogP contribution in [0.15, 0.2) is 24.3 Å². The molecule has 96 valence electrons. The maximum Gasteiger partial charge on any atom is 0.0624 e. The standard InChI is InChI=1S/C14H18ClN3/c1-17-6-5-16-9-14(17)13-7-10-3-4-11(15)8-12(10)18(13)2/h3-4,7-8,14,16H,5-6,9H2,1-2H3. The van der Waals surface area contributed by atoms with E-state index in [-0.39, 0.29) is 0 Å². The summed E-state index contributed by atoms with van der Waals surface area (Å²) in [6.07, 6.45) is 0. The summed E-state index contributed by atoms with van der Waals surface area (Å²) in [4.78, 5) is 2.41. The molecule has 1 N–H and O–H groups in total. The van der Waals surface area contributed by atoms with Crippen molar-refractivity contribution in [2.45, 2.75) is 6.04 Å². The van der Waals surface area contributed by atoms with Crippen LogP contribution in [0.5, 0.6) is 0 Å². The van der Waals surface area contributed by atoms with E-state index in [1.807, 2.05) is 12.1 Å². The van der Waals surface area contributed by atoms with Crippen LogP contribution in [0.4, 0.5) is 0 Å². The third-order valence-corrected chi connectivity index (χ3v) is 4.13. The summed E-state index contributed by atoms with van der Waals surface area (Å²) in [7, 11) is 4.31. The average molecular weight is 264 g/mol. The van der Waals surface area contributed by atoms with Gasteiger partial charge in [0.1, 0.15) is 0 Å². The molecule has 0 saturated carbocycles. The number of halogens is 1. The van der Waals surface area contributed by atoms with E-state index in [1.54, 1.807) is 0 Å². The van der Waals surface area contributed by atoms with Crippen molar-refractivity contribution in [3.63, 3.8) is 0 Å². The first-order valence-corrected chi connectivity index (χ1v) is 6.70. The minimum Gasteiger partial charge on any atom is -0.346 e. The number of fused-ring (bicyclic) bond motifs is 1. The van der Waals surface area contributed by atoms with Crippen LogP contribution < -0.4 is 5.32 Å². The van der Waals surface area contributed by atoms with Gasteiger partial charge in [0.2, 0.25) is 0 Å². The van der Waals surface area contributed by atoms with Gasteiger partial charge in [-0.25, -0.2) is 0 Å². The molecule has 1 unspecified atom stereocenters. The Balaban J connectivity index is 2.08. The smallest absolute Gasteiger partial charge is 0.0624 e. The number of aryl methyl sites for hydroxylation is 1. The van der Waals surface area contributed by atoms with Crippen molar-refractivity contribution in [2.75, 3.05) is 26.7 Å². The van der Waals surface area contributed by atoms with Gasteiger partial charge in [-0.3, -0.25) is 4.90 Å². The monoisotopic (exact) mass is 263 g/mol. The molecular formula is C14H18ClN3. The first-order valence-electron chi connectivity index (χ1n) is 6.32. The Hall–Kier alpha value is -1.03. The number of rotatable bonds is 1. The van der Waals surface area contributed by atoms with Gasteiger partial charge in [-0.1, -0.05) is 17.7 Å². The summed E-state index contributed by atoms with van der Waals surface area (Å²) in [6.45, 7) is 3.17. The molecule has 0 aliphatic carbocycles. The Morgan fingerprint density at radius 3 is 2.89 bits per heavy atom. The Labute approximate surface area is 112 Å². The van der Waals surface area contributed by atoms with Crippen molar-refractivity contribution in [1.82, 2.24) is 14.8 Å². The highest BCUT2D eigenvalue weighted by Gasteiger charge is 2.23. The second kappa shape index (κ2) is 4.57. The lowest BCUT2D eigenvalue weighted by molar-refractivity contribution is 0.196. The second-order valence-corrected chi connectivity index (χ2v) is 5.47. The van der Waals surface area contributed by atoms with Crippen LogP contribution in [-0.4, -0.2) is 36.1 Å². The molecule has 1 aromatic heterocycles. The zero-order chi connectivity index (χ0) is 12.7. The van der Waals surface area contributed by atoms with Crippen molar-refractivity contribution < 1.29 is 0 Å². The van der Waals surface area contributed by atoms with Gasteiger partial charge in [0.25, 0.3) is 0 Å². The Kier molecular flexibility index (Phi) is 3.06. The number of aromatic nitrogens is 1. The number of nitrogens with zero attached hydrogens (tertiary/aromatic N) is 2. The molecule has 2 aromatic rings. The SMILES string of the molecule is CN1CCNCC1c1cc2ccc(Cl)cc2n1C. The van der Waals surface area contributed by atoms with Crippen LogP contribution in [0.25, 0.3) is 10.9 Å². The molecule has 1 fully saturated rings. The van der Waals surface area contributed by atoms with Crippen LogP contribution in [0.3, 0.4) is 0 Å². The van der Waals surface area contributed by atoms with Crippen molar-refractivity contribution in [1.29, 1.82) is 0 Å². The van der Waals surface area contributed by atoms with Gasteiger partial charge in [0.05, 0.1) is 6.04 Å². The van der Waals surface area contributed by atoms with Crippen molar-refractivity contribution in [2.24, 2.45) is 7.05 Å². The van der Waals surface area contributed by atoms with Crippen molar-refractivity contribution >= 4 is 22.5 Å². The molecule has 1 aliphatic heterocycles. The van der Waals surface area contributed by atoms with Gasteiger partial charge in [0, 0.05) is 48.3 Å². The Morgan fingerprint density at radius 1 is 1.28 bits per heavy atom. The highest BCUT2D eigenvalue weighted by molar-refractivity contribution is 6.31. The summed E-state index contributed by atoms with van der Waals surface area (Å²) in [5.41, 5.74) is 2.55. The van der Waals surface area contributed by atoms with Gasteiger partial charge >= 0.3 is 0 Å². The second-order valence-electron chi connectivity index (χ2n) is 5.03. The fourth-order valence-corrected chi connectivity index (χ4v) is 2.95. The van der Waals surface area contributed by atoms with Gasteiger partial charge in [-0.05, 0) is 25.2 Å². The van der Waals surface area contributed by atoms with Crippen LogP contribution in [-0.2, 0) is 7.05 Å². The minimum absolute atomic E-state index is 0.440. The fourth-order valence-electron chi connectivity index (χ4n) is 2.78. The summed E-state index contributed by atoms with van der Waals surface area (Å²) in [6, 6.07) is 8.81. The average Bonchev–Trinajstić information content (AvgIpc) is 2.68. The quantitative estimate of drug-likeness (QED) is 0.853. The number of hydrogen-bond acceptors (Lipinski definition) is 2. The number of piperazine rings is 1. The molecular weight excluding hydrogens is 246 g/mol. The first-order chi connectivity index (χ1) is 8.66. The lowest BCUT2D eigenvalue weighted by atomic mass is 10.1. The third-order valence-electron chi connectivity index (χ3n) is 3.90. The Morgan fingerprint density at radius 2 is 2.11 bits per heavy atom. The third kappa shape index (κ3) is 1.92. The van der Waals surface area contributed by atoms with E-state index in [9.17, 15) is 0 Å². The van der Waals surface area contributed by atoms with Crippen molar-refractivity contribution in [3.8, 4) is 0 Å². The van der Waals surface area contributed by atoms with E-state index in [1.165, 1.54) is 16.6 Å². The predicted octanol–water partition coefficient (Wildman–Crippen LogP) is 2.41. The lowest BCUT2D eigenvalue weighted by Crippen LogP contribution is -2.44. The maximum atomic E-state index is 6.08. The van der Waals surface area contributed by atoms with E-state index in [2.05, 4.69) is 41.0 Å². The molecule has 1 saturated heterocycles. The van der Waals surface area contributed by atoms with E-state index in [0.717, 1.165) is 24.7 Å². The maximum absolute atomic E-state index is 6.08. The molecule has 0 spiro atoms. The first kappa shape index (κ1) is 12.0. The topological polar surface area (TPSA) is 20.2 Å². The molecule has 3 rings (SSSR count). The van der Waals surface area contributed by atoms with E-state index < -0.39 is 0 Å². The highest BCUT2D eigenvalue weighted by Crippen LogP contribution is 2.28. The molecule has 1 aliphatic rings. The zero-order valence-electron chi connectivity index (χ0n) is 10.8. The summed E-state index contributed by atoms with van der Waals surface area (Å²) in [5.74, 6) is 0. The predicted molar refractivity (Wildman–Crippen MR) is 76.2 cm³/mol. The summed E-state index contributed by atoms with van der Waals surface area (Å²) >= 11 is 6.08. The van der Waals surface area contributed by atoms with Crippen LogP contribution in [0, 0.1) is 0 Å². The molecule has 1 atom stereocenters. The van der Waals surface area contributed by atoms with Crippen LogP contribution in [0.2, 0.25) is 5.02 Å². The molecule has 18 heavy (non-hydrogen) atoms. The zero-order valence-corrected chi connectivity index (χ0v) is 11.5. The number of hydrogen-bond donors (Lipinski definition) is 1. The molecule has 3 nitrogen and oxygen atoms in total. The molecule has 0 amide bonds. The molecule has 0 radical (unpaired) electrons. The van der Waals surface area contributed by atoms with E-state index in [4.69, 9.17) is 11.6 Å². The minimum atomic E-state index is 0.440. The number of nitrogens with one attached hydrogen (secondary N) is 1. The highest BCUT2D eigenvalue weighted by atomic mass is 35.5. The molecule has 0 bridgehead atoms. The van der Waals surface area contributed by atoms with Crippen LogP contribution in [0.1, 0.15) is 11.7 Å². The summed E-state index contributed by atoms with van der Waals surface area (Å²) in [5, 5.41) is 5.52. The van der Waals surface area contributed by atoms with Crippen molar-refractivity contribution in [3.05, 3.63) is 35.0 Å². The Bertz CT molecular complexity index is 576. The van der Waals surface area contributed by atoms with E-state index in [0.29, 0.717) is 6.04 Å². The lowest BCUT2D eigenvalue weighted by Gasteiger charge is -2.33. The number of likely N-dealkylation sites (N-methyl/N-ethyl adjacent to an activating group) is 1. The van der Waals surface area contributed by atoms with Crippen LogP contribution >= 0.6 is 11.6 Å². The molecule has 4 heteroatoms. The van der Waals surface area contributed by atoms with E-state index >= 15 is 0 Å². The van der Waals surface area contributed by atoms with Gasteiger partial charge < -0.3 is 9.88 Å². The molecule has 2 heterocycles. The fraction of sp³-hybridized carbons (Fsp3) is 0.429.